The Labute approximate surface area is 472 Å². The number of para-hydroxylation sites is 2. The second-order valence-electron chi connectivity index (χ2n) is 28.8. The Morgan fingerprint density at radius 1 is 0.418 bits per heavy atom. The molecule has 0 radical (unpaired) electrons. The van der Waals surface area contributed by atoms with E-state index < -0.39 is 0 Å². The lowest BCUT2D eigenvalue weighted by molar-refractivity contribution is 0.195. The Bertz CT molecular complexity index is 3730. The van der Waals surface area contributed by atoms with E-state index in [-0.39, 0.29) is 39.3 Å². The highest BCUT2D eigenvalue weighted by Crippen LogP contribution is 2.63. The fraction of sp³-hybridized carbons (Fsp3) is 0.351. The van der Waals surface area contributed by atoms with Crippen LogP contribution in [0.2, 0.25) is 0 Å². The van der Waals surface area contributed by atoms with Gasteiger partial charge in [0.05, 0.1) is 5.54 Å². The molecule has 3 aliphatic heterocycles. The van der Waals surface area contributed by atoms with Crippen LogP contribution >= 0.6 is 0 Å². The number of nitrogens with zero attached hydrogens (tertiary/aromatic N) is 4. The standard InChI is InChI=1S/C74H79BN4/c1-69(2,3)52-26-30-56(31-27-52)77-64-33-28-53(70(4,5)6)40-62(64)75-61-38-50-46-72(9,10)47-51(50)39-65(61)78(57-29-25-48-44-71(7,8)45-49(48)37-57)67-43-59(42-66(77)68(67)75)79-63-34-32-58(41-60(63)73(11)35-19-20-36-74(73,79)12)76(54-21-15-13-16-22-54)55-23-17-14-18-24-55/h13-18,21-34,37-43H,19-20,35-36,44-47H2,1-12H3. The molecular weight excluding hydrogens is 956 g/mol. The molecule has 1 saturated carbocycles. The van der Waals surface area contributed by atoms with E-state index in [0.717, 1.165) is 38.5 Å². The van der Waals surface area contributed by atoms with Crippen molar-refractivity contribution in [2.45, 2.75) is 156 Å². The van der Waals surface area contributed by atoms with Gasteiger partial charge in [0.1, 0.15) is 0 Å². The van der Waals surface area contributed by atoms with Crippen LogP contribution in [0.15, 0.2) is 164 Å². The van der Waals surface area contributed by atoms with Crippen molar-refractivity contribution in [2.75, 3.05) is 19.6 Å². The van der Waals surface area contributed by atoms with Crippen molar-refractivity contribution >= 4 is 85.7 Å². The summed E-state index contributed by atoms with van der Waals surface area (Å²) < 4.78 is 0. The maximum Gasteiger partial charge on any atom is 0.252 e. The molecule has 1 fully saturated rings. The molecule has 2 unspecified atom stereocenters. The van der Waals surface area contributed by atoms with Crippen LogP contribution in [0, 0.1) is 10.8 Å². The minimum absolute atomic E-state index is 0.0263. The number of benzene rings is 8. The van der Waals surface area contributed by atoms with Gasteiger partial charge in [-0.15, -0.1) is 0 Å². The fourth-order valence-electron chi connectivity index (χ4n) is 15.9. The van der Waals surface area contributed by atoms with Crippen molar-refractivity contribution in [1.82, 2.24) is 0 Å². The van der Waals surface area contributed by atoms with Crippen molar-refractivity contribution in [3.8, 4) is 0 Å². The Balaban J connectivity index is 1.07. The van der Waals surface area contributed by atoms with Gasteiger partial charge in [0, 0.05) is 68.0 Å². The molecule has 0 bridgehead atoms. The molecule has 2 atom stereocenters. The van der Waals surface area contributed by atoms with Crippen molar-refractivity contribution in [2.24, 2.45) is 10.8 Å². The zero-order valence-corrected chi connectivity index (χ0v) is 49.1. The zero-order valence-electron chi connectivity index (χ0n) is 49.1. The van der Waals surface area contributed by atoms with Gasteiger partial charge in [-0.2, -0.15) is 0 Å². The highest BCUT2D eigenvalue weighted by molar-refractivity contribution is 7.00. The van der Waals surface area contributed by atoms with E-state index in [1.54, 1.807) is 0 Å². The smallest absolute Gasteiger partial charge is 0.252 e. The van der Waals surface area contributed by atoms with Crippen LogP contribution in [0.4, 0.5) is 62.6 Å². The van der Waals surface area contributed by atoms with E-state index in [1.807, 2.05) is 0 Å². The largest absolute Gasteiger partial charge is 0.334 e. The minimum atomic E-state index is -0.201. The van der Waals surface area contributed by atoms with Gasteiger partial charge < -0.3 is 19.6 Å². The lowest BCUT2D eigenvalue weighted by Crippen LogP contribution is -2.62. The molecule has 14 rings (SSSR count). The summed E-state index contributed by atoms with van der Waals surface area (Å²) >= 11 is 0. The minimum Gasteiger partial charge on any atom is -0.334 e. The maximum atomic E-state index is 2.84. The van der Waals surface area contributed by atoms with Crippen LogP contribution in [0.25, 0.3) is 0 Å². The second kappa shape index (κ2) is 17.3. The normalized spacial score (nSPS) is 21.0. The monoisotopic (exact) mass is 1030 g/mol. The highest BCUT2D eigenvalue weighted by atomic mass is 15.3. The van der Waals surface area contributed by atoms with Gasteiger partial charge in [0.15, 0.2) is 0 Å². The van der Waals surface area contributed by atoms with E-state index in [9.17, 15) is 0 Å². The summed E-state index contributed by atoms with van der Waals surface area (Å²) in [5.41, 5.74) is 28.3. The first-order valence-electron chi connectivity index (χ1n) is 29.8. The summed E-state index contributed by atoms with van der Waals surface area (Å²) in [6.45, 7) is 29.2. The molecule has 8 aromatic carbocycles. The molecule has 0 spiro atoms. The maximum absolute atomic E-state index is 2.84. The van der Waals surface area contributed by atoms with Gasteiger partial charge in [0.25, 0.3) is 6.71 Å². The van der Waals surface area contributed by atoms with Crippen molar-refractivity contribution in [1.29, 1.82) is 0 Å². The van der Waals surface area contributed by atoms with Crippen molar-refractivity contribution < 1.29 is 0 Å². The third-order valence-corrected chi connectivity index (χ3v) is 20.0. The first-order chi connectivity index (χ1) is 37.6. The van der Waals surface area contributed by atoms with E-state index in [0.29, 0.717) is 0 Å². The topological polar surface area (TPSA) is 13.0 Å². The molecule has 6 aliphatic rings. The molecule has 79 heavy (non-hydrogen) atoms. The molecule has 5 heteroatoms. The summed E-state index contributed by atoms with van der Waals surface area (Å²) in [6.07, 6.45) is 9.05. The highest BCUT2D eigenvalue weighted by Gasteiger charge is 2.58. The average Bonchev–Trinajstić information content (AvgIpc) is 2.99. The van der Waals surface area contributed by atoms with Gasteiger partial charge >= 0.3 is 0 Å². The summed E-state index contributed by atoms with van der Waals surface area (Å²) in [6, 6.07) is 64.6. The Morgan fingerprint density at radius 3 is 1.58 bits per heavy atom. The van der Waals surface area contributed by atoms with Gasteiger partial charge in [-0.05, 0) is 213 Å². The van der Waals surface area contributed by atoms with Crippen LogP contribution in [0.3, 0.4) is 0 Å². The predicted molar refractivity (Wildman–Crippen MR) is 338 cm³/mol. The molecule has 3 heterocycles. The van der Waals surface area contributed by atoms with E-state index >= 15 is 0 Å². The van der Waals surface area contributed by atoms with Gasteiger partial charge in [0.2, 0.25) is 0 Å². The predicted octanol–water partition coefficient (Wildman–Crippen LogP) is 17.8. The van der Waals surface area contributed by atoms with Crippen LogP contribution < -0.4 is 36.0 Å². The number of anilines is 11. The van der Waals surface area contributed by atoms with Crippen LogP contribution in [0.5, 0.6) is 0 Å². The second-order valence-corrected chi connectivity index (χ2v) is 28.8. The van der Waals surface area contributed by atoms with Crippen LogP contribution in [0.1, 0.15) is 148 Å². The zero-order chi connectivity index (χ0) is 54.8. The molecule has 0 N–H and O–H groups in total. The number of hydrogen-bond donors (Lipinski definition) is 0. The molecule has 398 valence electrons. The number of rotatable bonds is 6. The average molecular weight is 1040 g/mol. The first kappa shape index (κ1) is 50.3. The molecule has 0 aromatic heterocycles. The molecular formula is C74H79BN4. The Kier molecular flexibility index (Phi) is 11.0. The molecule has 8 aromatic rings. The SMILES string of the molecule is CC1(C)Cc2ccc(N3c4cc5c(cc4B4c6cc(C(C)(C)C)ccc6N(c6ccc(C(C)(C)C)cc6)c6cc(N7c8ccc(N(c9ccccc9)c9ccccc9)cc8C8(C)CCCCC78C)cc3c64)CC(C)(C)C5)cc2C1. The third kappa shape index (κ3) is 7.82. The van der Waals surface area contributed by atoms with Crippen LogP contribution in [-0.2, 0) is 41.9 Å². The Morgan fingerprint density at radius 2 is 0.949 bits per heavy atom. The summed E-state index contributed by atoms with van der Waals surface area (Å²) in [5, 5.41) is 0. The van der Waals surface area contributed by atoms with E-state index in [2.05, 4.69) is 266 Å². The fourth-order valence-corrected chi connectivity index (χ4v) is 15.9. The van der Waals surface area contributed by atoms with Gasteiger partial charge in [-0.25, -0.2) is 0 Å². The third-order valence-electron chi connectivity index (χ3n) is 20.0. The first-order valence-corrected chi connectivity index (χ1v) is 29.8. The molecule has 4 nitrogen and oxygen atoms in total. The number of hydrogen-bond acceptors (Lipinski definition) is 4. The van der Waals surface area contributed by atoms with Crippen molar-refractivity contribution in [3.05, 3.63) is 203 Å². The lowest BCUT2D eigenvalue weighted by atomic mass is 9.33. The quantitative estimate of drug-likeness (QED) is 0.154. The number of fused-ring (bicyclic) bond motifs is 9. The Hall–Kier alpha value is -6.98. The molecule has 0 amide bonds. The van der Waals surface area contributed by atoms with Gasteiger partial charge in [-0.3, -0.25) is 0 Å². The summed E-state index contributed by atoms with van der Waals surface area (Å²) in [7, 11) is 0. The van der Waals surface area contributed by atoms with E-state index in [4.69, 9.17) is 0 Å². The summed E-state index contributed by atoms with van der Waals surface area (Å²) in [5.74, 6) is 0. The van der Waals surface area contributed by atoms with Crippen molar-refractivity contribution in [3.63, 3.8) is 0 Å². The summed E-state index contributed by atoms with van der Waals surface area (Å²) in [4.78, 5) is 10.7. The van der Waals surface area contributed by atoms with Gasteiger partial charge in [-0.1, -0.05) is 162 Å². The lowest BCUT2D eigenvalue weighted by Gasteiger charge is -2.51. The van der Waals surface area contributed by atoms with Crippen LogP contribution in [-0.4, -0.2) is 12.3 Å². The molecule has 3 aliphatic carbocycles. The molecule has 0 saturated heterocycles. The van der Waals surface area contributed by atoms with E-state index in [1.165, 1.54) is 131 Å².